The summed E-state index contributed by atoms with van der Waals surface area (Å²) in [4.78, 5) is 16.7. The molecule has 3 rings (SSSR count). The van der Waals surface area contributed by atoms with E-state index in [0.717, 1.165) is 52.1 Å². The lowest BCUT2D eigenvalue weighted by molar-refractivity contribution is -0.160. The van der Waals surface area contributed by atoms with Crippen LogP contribution in [0.5, 0.6) is 5.75 Å². The van der Waals surface area contributed by atoms with Gasteiger partial charge in [-0.1, -0.05) is 6.07 Å². The fraction of sp³-hybridized carbons (Fsp3) is 0.455. The number of pyridine rings is 1. The highest BCUT2D eigenvalue weighted by Gasteiger charge is 2.32. The van der Waals surface area contributed by atoms with Crippen molar-refractivity contribution in [3.63, 3.8) is 0 Å². The van der Waals surface area contributed by atoms with Gasteiger partial charge in [-0.05, 0) is 86.6 Å². The Kier molecular flexibility index (Phi) is 5.82. The minimum absolute atomic E-state index is 0.580. The minimum Gasteiger partial charge on any atom is -0.493 e. The number of carboxylic acid groups (broad SMARTS) is 1. The van der Waals surface area contributed by atoms with E-state index in [1.807, 2.05) is 46.8 Å². The Morgan fingerprint density at radius 2 is 2.00 bits per heavy atom. The van der Waals surface area contributed by atoms with Gasteiger partial charge in [0.05, 0.1) is 17.9 Å². The maximum atomic E-state index is 12.2. The van der Waals surface area contributed by atoms with Crippen LogP contribution in [-0.4, -0.2) is 28.3 Å². The van der Waals surface area contributed by atoms with Crippen LogP contribution in [0.1, 0.15) is 55.8 Å². The zero-order chi connectivity index (χ0) is 20.6. The van der Waals surface area contributed by atoms with E-state index in [1.54, 1.807) is 0 Å². The number of rotatable bonds is 4. The fourth-order valence-electron chi connectivity index (χ4n) is 3.55. The van der Waals surface area contributed by atoms with Crippen molar-refractivity contribution in [2.75, 3.05) is 6.61 Å². The van der Waals surface area contributed by atoms with Gasteiger partial charge in [-0.3, -0.25) is 4.98 Å². The summed E-state index contributed by atoms with van der Waals surface area (Å²) in [5, 5.41) is 9.95. The molecule has 28 heavy (non-hydrogen) atoms. The van der Waals surface area contributed by atoms with Gasteiger partial charge < -0.3 is 14.6 Å². The molecule has 1 aromatic heterocycles. The third-order valence-electron chi connectivity index (χ3n) is 4.69. The quantitative estimate of drug-likeness (QED) is 0.679. The first-order valence-corrected chi connectivity index (χ1v) is 10.2. The van der Waals surface area contributed by atoms with Crippen LogP contribution in [0.15, 0.2) is 22.7 Å². The van der Waals surface area contributed by atoms with Crippen LogP contribution >= 0.6 is 15.9 Å². The first-order valence-electron chi connectivity index (χ1n) is 9.42. The third-order valence-corrected chi connectivity index (χ3v) is 5.66. The van der Waals surface area contributed by atoms with Gasteiger partial charge in [0.15, 0.2) is 6.10 Å². The molecule has 1 N–H and O–H groups in total. The van der Waals surface area contributed by atoms with E-state index in [0.29, 0.717) is 11.3 Å². The molecule has 1 aromatic carbocycles. The van der Waals surface area contributed by atoms with E-state index in [4.69, 9.17) is 9.47 Å². The molecule has 0 radical (unpaired) electrons. The summed E-state index contributed by atoms with van der Waals surface area (Å²) < 4.78 is 12.5. The molecule has 0 amide bonds. The Bertz CT molecular complexity index is 918. The molecule has 0 aliphatic carbocycles. The van der Waals surface area contributed by atoms with E-state index in [2.05, 4.69) is 27.0 Å². The average molecular weight is 448 g/mol. The molecule has 2 aromatic rings. The van der Waals surface area contributed by atoms with Gasteiger partial charge in [0.25, 0.3) is 0 Å². The number of hydrogen-bond acceptors (Lipinski definition) is 4. The largest absolute Gasteiger partial charge is 0.493 e. The second-order valence-electron chi connectivity index (χ2n) is 8.11. The first-order chi connectivity index (χ1) is 13.1. The number of halogens is 1. The van der Waals surface area contributed by atoms with Gasteiger partial charge in [0.2, 0.25) is 0 Å². The molecule has 0 fully saturated rings. The van der Waals surface area contributed by atoms with Crippen molar-refractivity contribution in [3.05, 3.63) is 45.2 Å². The Morgan fingerprint density at radius 3 is 2.64 bits per heavy atom. The van der Waals surface area contributed by atoms with E-state index >= 15 is 0 Å². The van der Waals surface area contributed by atoms with Crippen molar-refractivity contribution in [3.8, 4) is 16.9 Å². The highest BCUT2D eigenvalue weighted by Crippen LogP contribution is 2.42. The van der Waals surface area contributed by atoms with Gasteiger partial charge in [-0.2, -0.15) is 0 Å². The standard InChI is InChI=1S/C22H26BrNO4/c1-12-17(20(21(25)26)28-22(3,4)5)18(19(23)13(2)24-12)15-8-9-16-14(11-15)7-6-10-27-16/h8-9,11,20H,6-7,10H2,1-5H3,(H,25,26)/t20-/m0/s1. The van der Waals surface area contributed by atoms with Crippen molar-refractivity contribution < 1.29 is 19.4 Å². The molecule has 0 saturated carbocycles. The third kappa shape index (κ3) is 4.23. The van der Waals surface area contributed by atoms with Crippen molar-refractivity contribution in [1.29, 1.82) is 0 Å². The maximum Gasteiger partial charge on any atom is 0.337 e. The number of ether oxygens (including phenoxy) is 2. The zero-order valence-corrected chi connectivity index (χ0v) is 18.5. The predicted molar refractivity (Wildman–Crippen MR) is 112 cm³/mol. The lowest BCUT2D eigenvalue weighted by Gasteiger charge is -2.28. The average Bonchev–Trinajstić information content (AvgIpc) is 2.61. The molecule has 2 heterocycles. The van der Waals surface area contributed by atoms with Crippen LogP contribution in [0.25, 0.3) is 11.1 Å². The van der Waals surface area contributed by atoms with Crippen molar-refractivity contribution >= 4 is 21.9 Å². The number of carboxylic acids is 1. The van der Waals surface area contributed by atoms with Crippen LogP contribution in [-0.2, 0) is 16.0 Å². The van der Waals surface area contributed by atoms with Crippen molar-refractivity contribution in [2.45, 2.75) is 59.2 Å². The Hall–Kier alpha value is -1.92. The van der Waals surface area contributed by atoms with Gasteiger partial charge >= 0.3 is 5.97 Å². The monoisotopic (exact) mass is 447 g/mol. The molecule has 0 unspecified atom stereocenters. The zero-order valence-electron chi connectivity index (χ0n) is 16.9. The number of aryl methyl sites for hydroxylation is 3. The number of benzene rings is 1. The lowest BCUT2D eigenvalue weighted by atomic mass is 9.92. The Morgan fingerprint density at radius 1 is 1.29 bits per heavy atom. The summed E-state index contributed by atoms with van der Waals surface area (Å²) in [6, 6.07) is 6.03. The molecule has 150 valence electrons. The molecule has 6 heteroatoms. The summed E-state index contributed by atoms with van der Waals surface area (Å²) in [5.41, 5.74) is 4.31. The summed E-state index contributed by atoms with van der Waals surface area (Å²) in [6.07, 6.45) is 0.802. The molecule has 1 atom stereocenters. The predicted octanol–water partition coefficient (Wildman–Crippen LogP) is 5.39. The SMILES string of the molecule is Cc1nc(C)c([C@H](OC(C)(C)C)C(=O)O)c(-c2ccc3c(c2)CCCO3)c1Br. The second-order valence-corrected chi connectivity index (χ2v) is 8.90. The molecular weight excluding hydrogens is 422 g/mol. The van der Waals surface area contributed by atoms with Crippen LogP contribution in [0.2, 0.25) is 0 Å². The van der Waals surface area contributed by atoms with Crippen LogP contribution in [0.4, 0.5) is 0 Å². The number of fused-ring (bicyclic) bond motifs is 1. The number of aliphatic carboxylic acids is 1. The number of hydrogen-bond donors (Lipinski definition) is 1. The van der Waals surface area contributed by atoms with E-state index in [1.165, 1.54) is 0 Å². The van der Waals surface area contributed by atoms with Crippen LogP contribution < -0.4 is 4.74 Å². The van der Waals surface area contributed by atoms with E-state index in [-0.39, 0.29) is 0 Å². The number of nitrogens with zero attached hydrogens (tertiary/aromatic N) is 1. The molecule has 0 saturated heterocycles. The maximum absolute atomic E-state index is 12.2. The summed E-state index contributed by atoms with van der Waals surface area (Å²) in [7, 11) is 0. The Labute approximate surface area is 174 Å². The smallest absolute Gasteiger partial charge is 0.337 e. The molecule has 5 nitrogen and oxygen atoms in total. The van der Waals surface area contributed by atoms with Crippen LogP contribution in [0, 0.1) is 13.8 Å². The van der Waals surface area contributed by atoms with Gasteiger partial charge in [-0.15, -0.1) is 0 Å². The molecule has 1 aliphatic heterocycles. The lowest BCUT2D eigenvalue weighted by Crippen LogP contribution is -2.28. The van der Waals surface area contributed by atoms with Gasteiger partial charge in [-0.25, -0.2) is 4.79 Å². The van der Waals surface area contributed by atoms with Gasteiger partial charge in [0, 0.05) is 21.3 Å². The molecule has 0 spiro atoms. The van der Waals surface area contributed by atoms with E-state index in [9.17, 15) is 9.90 Å². The summed E-state index contributed by atoms with van der Waals surface area (Å²) in [5.74, 6) is -0.131. The minimum atomic E-state index is -1.12. The second kappa shape index (κ2) is 7.84. The molecular formula is C22H26BrNO4. The normalized spacial score (nSPS) is 14.9. The number of aromatic nitrogens is 1. The fourth-order valence-corrected chi connectivity index (χ4v) is 4.08. The number of carbonyl (C=O) groups is 1. The molecule has 1 aliphatic rings. The van der Waals surface area contributed by atoms with E-state index < -0.39 is 17.7 Å². The summed E-state index contributed by atoms with van der Waals surface area (Å²) in [6.45, 7) is 10.0. The highest BCUT2D eigenvalue weighted by molar-refractivity contribution is 9.10. The van der Waals surface area contributed by atoms with Crippen LogP contribution in [0.3, 0.4) is 0 Å². The first kappa shape index (κ1) is 20.8. The van der Waals surface area contributed by atoms with Gasteiger partial charge in [0.1, 0.15) is 5.75 Å². The topological polar surface area (TPSA) is 68.7 Å². The van der Waals surface area contributed by atoms with Crippen molar-refractivity contribution in [2.24, 2.45) is 0 Å². The highest BCUT2D eigenvalue weighted by atomic mass is 79.9. The Balaban J connectivity index is 2.24. The van der Waals surface area contributed by atoms with Crippen molar-refractivity contribution in [1.82, 2.24) is 4.98 Å². The molecule has 0 bridgehead atoms. The summed E-state index contributed by atoms with van der Waals surface area (Å²) >= 11 is 3.65.